The smallest absolute Gasteiger partial charge is 0.311 e. The molecule has 3 aliphatic rings. The van der Waals surface area contributed by atoms with Crippen molar-refractivity contribution >= 4 is 17.7 Å². The number of cyclic esters (lactones) is 1. The summed E-state index contributed by atoms with van der Waals surface area (Å²) in [5.74, 6) is -2.42. The van der Waals surface area contributed by atoms with Crippen molar-refractivity contribution in [3.8, 4) is 22.5 Å². The topological polar surface area (TPSA) is 222 Å². The van der Waals surface area contributed by atoms with E-state index < -0.39 is 102 Å². The summed E-state index contributed by atoms with van der Waals surface area (Å²) in [4.78, 5) is 31.1. The van der Waals surface area contributed by atoms with Crippen LogP contribution in [0.5, 0.6) is 0 Å². The molecule has 0 radical (unpaired) electrons. The molecule has 6 N–H and O–H groups in total. The number of aromatic amines is 1. The number of imidazole rings is 1. The number of hydrogen-bond donors (Lipinski definition) is 6. The van der Waals surface area contributed by atoms with Crippen LogP contribution in [0.25, 0.3) is 22.5 Å². The second kappa shape index (κ2) is 24.9. The van der Waals surface area contributed by atoms with Gasteiger partial charge in [-0.15, -0.1) is 0 Å². The number of ether oxygens (including phenoxy) is 6. The number of esters is 1. The maximum Gasteiger partial charge on any atom is 0.311 e. The van der Waals surface area contributed by atoms with Crippen LogP contribution >= 0.6 is 11.8 Å². The molecule has 73 heavy (non-hydrogen) atoms. The SMILES string of the molecule is CC[C@H]1OC(=O)[C@H](C)[C@@H](O[C@H]2C[C@@](C)(OC)[C@@H](O)[C@H](C)O2)[C@H](C)[C@@H](O[C@@H]2O[C@H](C)CC(N(C)CCCSc3nc(-c4ccc(F)cc4)c(-c4ccncc4)[nH]3)[C@H]2O)[C@](C)(O)C[C@@H](C)CN(C)[C@H](C)[C@@H](O)[C@]1(C)O. The lowest BCUT2D eigenvalue weighted by Crippen LogP contribution is -2.60. The largest absolute Gasteiger partial charge is 0.459 e. The number of H-pyrrole nitrogens is 1. The van der Waals surface area contributed by atoms with E-state index >= 15 is 0 Å². The number of likely N-dealkylation sites (N-methyl/N-ethyl adjacent to an activating group) is 2. The normalized spacial score (nSPS) is 38.7. The van der Waals surface area contributed by atoms with Crippen molar-refractivity contribution in [1.82, 2.24) is 24.8 Å². The first-order valence-corrected chi connectivity index (χ1v) is 27.0. The van der Waals surface area contributed by atoms with E-state index in [1.165, 1.54) is 26.2 Å². The third-order valence-electron chi connectivity index (χ3n) is 15.8. The molecule has 0 aliphatic carbocycles. The Labute approximate surface area is 435 Å². The fourth-order valence-corrected chi connectivity index (χ4v) is 12.1. The molecule has 3 aliphatic heterocycles. The van der Waals surface area contributed by atoms with Crippen LogP contribution in [0.15, 0.2) is 53.9 Å². The van der Waals surface area contributed by atoms with Gasteiger partial charge in [-0.3, -0.25) is 9.78 Å². The van der Waals surface area contributed by atoms with Crippen molar-refractivity contribution < 1.29 is 63.1 Å². The molecular weight excluding hydrogens is 962 g/mol. The summed E-state index contributed by atoms with van der Waals surface area (Å²) in [6, 6.07) is 9.08. The van der Waals surface area contributed by atoms with Crippen LogP contribution in [0.1, 0.15) is 101 Å². The third kappa shape index (κ3) is 13.9. The van der Waals surface area contributed by atoms with Gasteiger partial charge in [0, 0.05) is 67.4 Å². The number of hydrogen-bond acceptors (Lipinski definition) is 17. The summed E-state index contributed by atoms with van der Waals surface area (Å²) in [5, 5.41) is 60.5. The Morgan fingerprint density at radius 1 is 0.945 bits per heavy atom. The Morgan fingerprint density at radius 3 is 2.26 bits per heavy atom. The zero-order valence-electron chi connectivity index (χ0n) is 45.1. The Bertz CT molecular complexity index is 2210. The van der Waals surface area contributed by atoms with Crippen LogP contribution < -0.4 is 0 Å². The van der Waals surface area contributed by atoms with E-state index in [-0.39, 0.29) is 37.1 Å². The van der Waals surface area contributed by atoms with E-state index in [0.717, 1.165) is 23.2 Å². The molecule has 0 spiro atoms. The van der Waals surface area contributed by atoms with Gasteiger partial charge in [0.05, 0.1) is 52.9 Å². The molecule has 0 bridgehead atoms. The standard InChI is InChI=1S/C54H84FN5O12S/c1-14-40-54(10,66)46(62)34(6)60(12)29-30(2)27-52(8,65)48(32(4)45(33(5)49(64)70-40)71-41-28-53(9,67-13)47(63)35(7)69-41)72-50-44(61)39(26-31(3)68-50)59(11)24-15-25-73-51-57-42(36-16-18-38(55)19-17-36)43(58-51)37-20-22-56-23-21-37/h16-23,30-35,39-41,44-48,50,61-63,65-66H,14-15,24-29H2,1-13H3,(H,57,58)/t30-,31-,32+,33-,34-,35+,39?,40-,41+,44-,45+,46-,47+,48-,50+,52-,53-,54-/m1/s1. The highest BCUT2D eigenvalue weighted by Gasteiger charge is 2.53. The summed E-state index contributed by atoms with van der Waals surface area (Å²) in [6.45, 7) is 18.6. The summed E-state index contributed by atoms with van der Waals surface area (Å²) in [6.07, 6.45) is -4.88. The monoisotopic (exact) mass is 1050 g/mol. The maximum atomic E-state index is 14.5. The molecule has 1 aromatic carbocycles. The summed E-state index contributed by atoms with van der Waals surface area (Å²) in [7, 11) is 5.30. The quantitative estimate of drug-likeness (QED) is 0.0615. The Morgan fingerprint density at radius 2 is 1.62 bits per heavy atom. The molecule has 2 aromatic heterocycles. The van der Waals surface area contributed by atoms with Crippen molar-refractivity contribution in [2.24, 2.45) is 17.8 Å². The van der Waals surface area contributed by atoms with Gasteiger partial charge in [0.2, 0.25) is 0 Å². The Balaban J connectivity index is 1.25. The zero-order chi connectivity index (χ0) is 53.7. The van der Waals surface area contributed by atoms with Gasteiger partial charge in [-0.2, -0.15) is 0 Å². The van der Waals surface area contributed by atoms with Gasteiger partial charge in [0.15, 0.2) is 17.7 Å². The number of nitrogens with zero attached hydrogens (tertiary/aromatic N) is 4. The number of methoxy groups -OCH3 is 1. The average molecular weight is 1050 g/mol. The summed E-state index contributed by atoms with van der Waals surface area (Å²) >= 11 is 1.57. The first kappa shape index (κ1) is 59.1. The van der Waals surface area contributed by atoms with E-state index in [0.29, 0.717) is 36.1 Å². The Hall–Kier alpha value is -3.15. The third-order valence-corrected chi connectivity index (χ3v) is 16.7. The highest BCUT2D eigenvalue weighted by atomic mass is 32.2. The minimum atomic E-state index is -1.84. The lowest BCUT2D eigenvalue weighted by molar-refractivity contribution is -0.318. The lowest BCUT2D eigenvalue weighted by Gasteiger charge is -2.49. The van der Waals surface area contributed by atoms with Gasteiger partial charge in [-0.25, -0.2) is 9.37 Å². The predicted octanol–water partition coefficient (Wildman–Crippen LogP) is 6.04. The van der Waals surface area contributed by atoms with Crippen LogP contribution in [0.2, 0.25) is 0 Å². The number of benzene rings is 1. The molecule has 6 rings (SSSR count). The average Bonchev–Trinajstić information content (AvgIpc) is 3.78. The van der Waals surface area contributed by atoms with E-state index in [9.17, 15) is 34.7 Å². The molecule has 0 saturated carbocycles. The van der Waals surface area contributed by atoms with E-state index in [2.05, 4.69) is 14.9 Å². The molecule has 19 heteroatoms. The van der Waals surface area contributed by atoms with E-state index in [1.54, 1.807) is 77.8 Å². The fraction of sp³-hybridized carbons (Fsp3) is 0.722. The minimum Gasteiger partial charge on any atom is -0.459 e. The van der Waals surface area contributed by atoms with Crippen LogP contribution in [-0.2, 0) is 33.2 Å². The van der Waals surface area contributed by atoms with Crippen LogP contribution in [0.3, 0.4) is 0 Å². The van der Waals surface area contributed by atoms with Gasteiger partial charge < -0.3 is 68.7 Å². The van der Waals surface area contributed by atoms with Gasteiger partial charge in [0.25, 0.3) is 0 Å². The van der Waals surface area contributed by atoms with Crippen molar-refractivity contribution in [1.29, 1.82) is 0 Å². The zero-order valence-corrected chi connectivity index (χ0v) is 45.9. The van der Waals surface area contributed by atoms with E-state index in [1.807, 2.05) is 51.9 Å². The predicted molar refractivity (Wildman–Crippen MR) is 276 cm³/mol. The fourth-order valence-electron chi connectivity index (χ4n) is 11.3. The molecule has 3 aromatic rings. The highest BCUT2D eigenvalue weighted by molar-refractivity contribution is 7.99. The molecule has 17 nitrogen and oxygen atoms in total. The molecule has 410 valence electrons. The number of pyridine rings is 1. The molecule has 18 atom stereocenters. The van der Waals surface area contributed by atoms with Gasteiger partial charge in [-0.05, 0) is 137 Å². The number of halogens is 1. The summed E-state index contributed by atoms with van der Waals surface area (Å²) in [5.41, 5.74) is -1.33. The number of thioether (sulfide) groups is 1. The number of aliphatic hydroxyl groups is 5. The number of carbonyl (C=O) groups excluding carboxylic acids is 1. The number of nitrogens with one attached hydrogen (secondary N) is 1. The van der Waals surface area contributed by atoms with Crippen LogP contribution in [-0.4, -0.2) is 187 Å². The lowest BCUT2D eigenvalue weighted by atomic mass is 9.77. The van der Waals surface area contributed by atoms with Crippen molar-refractivity contribution in [3.05, 3.63) is 54.6 Å². The van der Waals surface area contributed by atoms with Crippen LogP contribution in [0.4, 0.5) is 4.39 Å². The molecule has 3 fully saturated rings. The van der Waals surface area contributed by atoms with E-state index in [4.69, 9.17) is 33.4 Å². The maximum absolute atomic E-state index is 14.5. The van der Waals surface area contributed by atoms with Gasteiger partial charge in [-0.1, -0.05) is 32.5 Å². The molecule has 3 saturated heterocycles. The van der Waals surface area contributed by atoms with Crippen molar-refractivity contribution in [2.45, 2.75) is 197 Å². The minimum absolute atomic E-state index is 0.0985. The molecule has 5 heterocycles. The van der Waals surface area contributed by atoms with Crippen molar-refractivity contribution in [2.75, 3.05) is 40.0 Å². The van der Waals surface area contributed by atoms with Crippen molar-refractivity contribution in [3.63, 3.8) is 0 Å². The Kier molecular flexibility index (Phi) is 20.1. The second-order valence-corrected chi connectivity index (χ2v) is 23.0. The first-order chi connectivity index (χ1) is 34.3. The van der Waals surface area contributed by atoms with Gasteiger partial charge >= 0.3 is 5.97 Å². The number of rotatable bonds is 14. The van der Waals surface area contributed by atoms with Crippen LogP contribution in [0, 0.1) is 23.6 Å². The molecular formula is C54H84FN5O12S. The molecule has 0 amide bonds. The number of aliphatic hydroxyl groups excluding tert-OH is 3. The number of aromatic nitrogens is 3. The second-order valence-electron chi connectivity index (χ2n) is 21.9. The summed E-state index contributed by atoms with van der Waals surface area (Å²) < 4.78 is 52.2. The van der Waals surface area contributed by atoms with Gasteiger partial charge in [0.1, 0.15) is 35.8 Å². The molecule has 1 unspecified atom stereocenters. The first-order valence-electron chi connectivity index (χ1n) is 26.0. The highest BCUT2D eigenvalue weighted by Crippen LogP contribution is 2.41. The number of carbonyl (C=O) groups is 1.